The summed E-state index contributed by atoms with van der Waals surface area (Å²) in [6.07, 6.45) is -2.85. The summed E-state index contributed by atoms with van der Waals surface area (Å²) in [5.41, 5.74) is 0.612. The van der Waals surface area contributed by atoms with Gasteiger partial charge in [-0.3, -0.25) is 24.5 Å². The number of methoxy groups -OCH3 is 1. The van der Waals surface area contributed by atoms with Gasteiger partial charge < -0.3 is 39.4 Å². The average molecular weight is 729 g/mol. The van der Waals surface area contributed by atoms with Crippen molar-refractivity contribution in [2.75, 3.05) is 32.1 Å². The topological polar surface area (TPSA) is 212 Å². The van der Waals surface area contributed by atoms with Crippen LogP contribution in [0.1, 0.15) is 70.8 Å². The molecule has 1 saturated heterocycles. The molecule has 1 aromatic carbocycles. The van der Waals surface area contributed by atoms with Gasteiger partial charge in [-0.05, 0) is 49.9 Å². The predicted molar refractivity (Wildman–Crippen MR) is 189 cm³/mol. The Morgan fingerprint density at radius 2 is 1.38 bits per heavy atom. The van der Waals surface area contributed by atoms with Crippen molar-refractivity contribution in [3.05, 3.63) is 55.1 Å². The van der Waals surface area contributed by atoms with Gasteiger partial charge in [0.1, 0.15) is 6.10 Å². The number of hydrogen-bond donors (Lipinski definition) is 4. The zero-order valence-electron chi connectivity index (χ0n) is 30.2. The van der Waals surface area contributed by atoms with E-state index in [0.717, 1.165) is 25.7 Å². The van der Waals surface area contributed by atoms with Gasteiger partial charge in [-0.25, -0.2) is 4.79 Å². The van der Waals surface area contributed by atoms with E-state index in [1.807, 2.05) is 19.9 Å². The minimum Gasteiger partial charge on any atom is -0.454 e. The van der Waals surface area contributed by atoms with Crippen LogP contribution in [0, 0.1) is 23.2 Å². The summed E-state index contributed by atoms with van der Waals surface area (Å²) >= 11 is 0. The zero-order valence-corrected chi connectivity index (χ0v) is 30.2. The third kappa shape index (κ3) is 14.1. The van der Waals surface area contributed by atoms with Crippen LogP contribution in [0.15, 0.2) is 49.6 Å². The lowest BCUT2D eigenvalue weighted by Gasteiger charge is -2.44. The van der Waals surface area contributed by atoms with Gasteiger partial charge in [-0.1, -0.05) is 38.8 Å². The molecule has 15 nitrogen and oxygen atoms in total. The summed E-state index contributed by atoms with van der Waals surface area (Å²) in [6, 6.07) is 7.85. The van der Waals surface area contributed by atoms with E-state index >= 15 is 0 Å². The second-order valence-corrected chi connectivity index (χ2v) is 12.2. The summed E-state index contributed by atoms with van der Waals surface area (Å²) in [5.74, 6) is -4.57. The van der Waals surface area contributed by atoms with E-state index in [0.29, 0.717) is 18.7 Å². The number of nitrogens with zero attached hydrogens (tertiary/aromatic N) is 1. The summed E-state index contributed by atoms with van der Waals surface area (Å²) in [7, 11) is 1.24. The first-order chi connectivity index (χ1) is 25.0. The molecule has 1 aliphatic heterocycles. The molecule has 0 unspecified atom stereocenters. The fourth-order valence-corrected chi connectivity index (χ4v) is 5.31. The van der Waals surface area contributed by atoms with Crippen LogP contribution in [0.2, 0.25) is 0 Å². The SMILES string of the molecule is C=CC[C@@H](CC(=O)NCCCC)C(=O)O[C@H]1[C@@H](OC(=O)Nc2ccc(C#N)cc2)[C@@H](CO)O[C@H](OC)[C@@H]1OC(=O)[C@H](CC=C)CC(=O)NCCCC. The molecule has 52 heavy (non-hydrogen) atoms. The molecular weight excluding hydrogens is 676 g/mol. The second-order valence-electron chi connectivity index (χ2n) is 12.2. The van der Waals surface area contributed by atoms with Crippen LogP contribution < -0.4 is 16.0 Å². The molecule has 7 atom stereocenters. The average Bonchev–Trinajstić information content (AvgIpc) is 3.13. The van der Waals surface area contributed by atoms with E-state index in [1.165, 1.54) is 43.5 Å². The number of unbranched alkanes of at least 4 members (excludes halogenated alkanes) is 2. The molecule has 1 fully saturated rings. The van der Waals surface area contributed by atoms with Crippen LogP contribution in [0.3, 0.4) is 0 Å². The molecule has 1 heterocycles. The van der Waals surface area contributed by atoms with Crippen LogP contribution in [-0.4, -0.2) is 92.5 Å². The molecule has 3 amide bonds. The quantitative estimate of drug-likeness (QED) is 0.0583. The Labute approximate surface area is 305 Å². The maximum absolute atomic E-state index is 13.8. The van der Waals surface area contributed by atoms with Crippen molar-refractivity contribution in [2.24, 2.45) is 11.8 Å². The Hall–Kier alpha value is -4.78. The predicted octanol–water partition coefficient (Wildman–Crippen LogP) is 3.66. The highest BCUT2D eigenvalue weighted by Gasteiger charge is 2.53. The normalized spacial score (nSPS) is 20.6. The first-order valence-electron chi connectivity index (χ1n) is 17.5. The third-order valence-corrected chi connectivity index (χ3v) is 8.15. The maximum atomic E-state index is 13.8. The number of esters is 2. The smallest absolute Gasteiger partial charge is 0.412 e. The van der Waals surface area contributed by atoms with Gasteiger partial charge in [0.05, 0.1) is 30.1 Å². The highest BCUT2D eigenvalue weighted by atomic mass is 16.7. The number of benzene rings is 1. The van der Waals surface area contributed by atoms with Gasteiger partial charge in [0.15, 0.2) is 24.6 Å². The Balaban J connectivity index is 2.48. The van der Waals surface area contributed by atoms with E-state index in [4.69, 9.17) is 28.9 Å². The number of ether oxygens (including phenoxy) is 5. The van der Waals surface area contributed by atoms with Crippen molar-refractivity contribution in [2.45, 2.75) is 95.9 Å². The summed E-state index contributed by atoms with van der Waals surface area (Å²) in [4.78, 5) is 66.0. The molecule has 1 aromatic rings. The lowest BCUT2D eigenvalue weighted by molar-refractivity contribution is -0.300. The first kappa shape index (κ1) is 43.4. The van der Waals surface area contributed by atoms with Crippen LogP contribution >= 0.6 is 0 Å². The van der Waals surface area contributed by atoms with Gasteiger partial charge in [-0.15, -0.1) is 13.2 Å². The van der Waals surface area contributed by atoms with Gasteiger partial charge in [-0.2, -0.15) is 5.26 Å². The van der Waals surface area contributed by atoms with Gasteiger partial charge in [0.2, 0.25) is 11.8 Å². The van der Waals surface area contributed by atoms with E-state index in [1.54, 1.807) is 0 Å². The number of carbonyl (C=O) groups excluding carboxylic acids is 5. The molecule has 1 aliphatic rings. The van der Waals surface area contributed by atoms with Crippen LogP contribution in [0.5, 0.6) is 0 Å². The Morgan fingerprint density at radius 1 is 0.865 bits per heavy atom. The van der Waals surface area contributed by atoms with Crippen molar-refractivity contribution in [3.63, 3.8) is 0 Å². The molecule has 0 spiro atoms. The number of carbonyl (C=O) groups is 5. The summed E-state index contributed by atoms with van der Waals surface area (Å²) < 4.78 is 28.8. The number of nitriles is 1. The minimum atomic E-state index is -1.63. The highest BCUT2D eigenvalue weighted by Crippen LogP contribution is 2.31. The van der Waals surface area contributed by atoms with Crippen LogP contribution in [0.25, 0.3) is 0 Å². The Kier molecular flexibility index (Phi) is 19.7. The van der Waals surface area contributed by atoms with Gasteiger partial charge in [0, 0.05) is 38.7 Å². The number of aliphatic hydroxyl groups is 1. The fraction of sp³-hybridized carbons (Fsp3) is 0.568. The summed E-state index contributed by atoms with van der Waals surface area (Å²) in [6.45, 7) is 11.4. The third-order valence-electron chi connectivity index (χ3n) is 8.15. The Bertz CT molecular complexity index is 1380. The molecule has 2 rings (SSSR count). The molecule has 0 aliphatic carbocycles. The number of anilines is 1. The largest absolute Gasteiger partial charge is 0.454 e. The van der Waals surface area contributed by atoms with Crippen molar-refractivity contribution in [1.29, 1.82) is 5.26 Å². The first-order valence-corrected chi connectivity index (χ1v) is 17.5. The standard InChI is InChI=1S/C37H52N4O11/c1-6-10-18-39-29(43)20-25(12-8-3)34(45)50-32-31(52-37(47)41-27-16-14-24(22-38)15-17-27)28(23-42)49-36(48-5)33(32)51-35(46)26(13-9-4)21-30(44)40-19-11-7-2/h8-9,14-17,25-26,28,31-33,36,42H,3-4,6-7,10-13,18-21,23H2,1-2,5H3,(H,39,43)(H,40,44)(H,41,47)/t25-,26+,28+,31-,32-,33+,36-/m0/s1. The number of rotatable bonds is 22. The lowest BCUT2D eigenvalue weighted by Crippen LogP contribution is -2.63. The molecule has 0 bridgehead atoms. The van der Waals surface area contributed by atoms with E-state index in [9.17, 15) is 29.1 Å². The van der Waals surface area contributed by atoms with E-state index in [2.05, 4.69) is 29.1 Å². The second kappa shape index (κ2) is 23.6. The summed E-state index contributed by atoms with van der Waals surface area (Å²) in [5, 5.41) is 27.4. The van der Waals surface area contributed by atoms with Crippen molar-refractivity contribution >= 4 is 35.5 Å². The van der Waals surface area contributed by atoms with Crippen molar-refractivity contribution in [3.8, 4) is 6.07 Å². The molecule has 4 N–H and O–H groups in total. The van der Waals surface area contributed by atoms with Crippen molar-refractivity contribution in [1.82, 2.24) is 10.6 Å². The molecule has 0 aromatic heterocycles. The van der Waals surface area contributed by atoms with E-state index in [-0.39, 0.29) is 37.3 Å². The number of amides is 3. The van der Waals surface area contributed by atoms with E-state index < -0.39 is 73.1 Å². The Morgan fingerprint density at radius 3 is 1.83 bits per heavy atom. The fourth-order valence-electron chi connectivity index (χ4n) is 5.31. The van der Waals surface area contributed by atoms with Gasteiger partial charge >= 0.3 is 18.0 Å². The van der Waals surface area contributed by atoms with Crippen LogP contribution in [0.4, 0.5) is 10.5 Å². The number of aliphatic hydroxyl groups excluding tert-OH is 1. The maximum Gasteiger partial charge on any atom is 0.412 e. The molecule has 0 radical (unpaired) electrons. The number of allylic oxidation sites excluding steroid dienone is 2. The number of hydrogen-bond acceptors (Lipinski definition) is 12. The lowest BCUT2D eigenvalue weighted by atomic mass is 9.96. The molecule has 15 heteroatoms. The molecule has 286 valence electrons. The van der Waals surface area contributed by atoms with Gasteiger partial charge in [0.25, 0.3) is 0 Å². The monoisotopic (exact) mass is 728 g/mol. The zero-order chi connectivity index (χ0) is 38.5. The molecule has 0 saturated carbocycles. The van der Waals surface area contributed by atoms with Crippen molar-refractivity contribution < 1.29 is 52.8 Å². The number of nitrogens with one attached hydrogen (secondary N) is 3. The minimum absolute atomic E-state index is 0.0457. The van der Waals surface area contributed by atoms with Crippen LogP contribution in [-0.2, 0) is 42.9 Å². The molecular formula is C37H52N4O11. The highest BCUT2D eigenvalue weighted by molar-refractivity contribution is 5.85.